The maximum absolute atomic E-state index is 12.7. The first-order valence-corrected chi connectivity index (χ1v) is 8.89. The third-order valence-corrected chi connectivity index (χ3v) is 6.48. The third kappa shape index (κ3) is 2.99. The lowest BCUT2D eigenvalue weighted by molar-refractivity contribution is 0.366. The summed E-state index contributed by atoms with van der Waals surface area (Å²) in [6.45, 7) is 4.75. The zero-order chi connectivity index (χ0) is 14.0. The van der Waals surface area contributed by atoms with Crippen molar-refractivity contribution in [2.24, 2.45) is 0 Å². The Hall–Kier alpha value is -0.500. The summed E-state index contributed by atoms with van der Waals surface area (Å²) >= 11 is 1.80. The minimum Gasteiger partial charge on any atom is -0.464 e. The minimum absolute atomic E-state index is 0.0331. The summed E-state index contributed by atoms with van der Waals surface area (Å²) in [6.07, 6.45) is 0. The normalized spacial score (nSPS) is 21.7. The molecule has 0 radical (unpaired) electrons. The molecule has 1 aromatic heterocycles. The molecular formula is C12H20N2O3S2. The minimum atomic E-state index is -3.44. The summed E-state index contributed by atoms with van der Waals surface area (Å²) < 4.78 is 32.4. The molecule has 2 heterocycles. The van der Waals surface area contributed by atoms with Crippen LogP contribution < -0.4 is 5.32 Å². The molecular weight excluding hydrogens is 284 g/mol. The highest BCUT2D eigenvalue weighted by Gasteiger charge is 2.33. The van der Waals surface area contributed by atoms with Gasteiger partial charge in [0.15, 0.2) is 0 Å². The first-order chi connectivity index (χ1) is 8.96. The van der Waals surface area contributed by atoms with Crippen molar-refractivity contribution < 1.29 is 12.8 Å². The molecule has 108 valence electrons. The topological polar surface area (TPSA) is 62.6 Å². The van der Waals surface area contributed by atoms with Crippen molar-refractivity contribution in [3.63, 3.8) is 0 Å². The van der Waals surface area contributed by atoms with Gasteiger partial charge in [-0.2, -0.15) is 16.1 Å². The Kier molecular flexibility index (Phi) is 4.60. The molecule has 2 rings (SSSR count). The number of thioether (sulfide) groups is 1. The average molecular weight is 304 g/mol. The summed E-state index contributed by atoms with van der Waals surface area (Å²) in [4.78, 5) is 0.302. The van der Waals surface area contributed by atoms with Crippen LogP contribution >= 0.6 is 11.8 Å². The molecule has 0 amide bonds. The van der Waals surface area contributed by atoms with Crippen molar-refractivity contribution in [1.82, 2.24) is 9.62 Å². The Bertz CT molecular complexity index is 539. The molecule has 1 unspecified atom stereocenters. The molecule has 5 nitrogen and oxygen atoms in total. The number of nitrogens with zero attached hydrogens (tertiary/aromatic N) is 1. The second-order valence-corrected chi connectivity index (χ2v) is 7.71. The fraction of sp³-hybridized carbons (Fsp3) is 0.667. The molecule has 1 N–H and O–H groups in total. The zero-order valence-corrected chi connectivity index (χ0v) is 13.1. The second kappa shape index (κ2) is 5.87. The number of hydrogen-bond acceptors (Lipinski definition) is 5. The van der Waals surface area contributed by atoms with E-state index in [0.717, 1.165) is 11.5 Å². The average Bonchev–Trinajstić information content (AvgIpc) is 2.72. The van der Waals surface area contributed by atoms with Gasteiger partial charge in [0.25, 0.3) is 0 Å². The number of rotatable bonds is 4. The third-order valence-electron chi connectivity index (χ3n) is 3.17. The molecule has 0 spiro atoms. The molecule has 1 aliphatic heterocycles. The number of sulfonamides is 1. The molecule has 0 bridgehead atoms. The van der Waals surface area contributed by atoms with E-state index < -0.39 is 10.0 Å². The molecule has 1 saturated heterocycles. The lowest BCUT2D eigenvalue weighted by atomic mass is 10.4. The van der Waals surface area contributed by atoms with Crippen molar-refractivity contribution in [1.29, 1.82) is 0 Å². The van der Waals surface area contributed by atoms with Gasteiger partial charge in [0.05, 0.1) is 6.54 Å². The van der Waals surface area contributed by atoms with Gasteiger partial charge in [0, 0.05) is 30.2 Å². The first-order valence-electron chi connectivity index (χ1n) is 6.30. The van der Waals surface area contributed by atoms with Gasteiger partial charge in [-0.1, -0.05) is 0 Å². The van der Waals surface area contributed by atoms with Gasteiger partial charge >= 0.3 is 0 Å². The van der Waals surface area contributed by atoms with E-state index in [2.05, 4.69) is 5.32 Å². The van der Waals surface area contributed by atoms with Crippen LogP contribution in [0.4, 0.5) is 0 Å². The van der Waals surface area contributed by atoms with Crippen molar-refractivity contribution >= 4 is 21.8 Å². The fourth-order valence-corrected chi connectivity index (χ4v) is 5.28. The van der Waals surface area contributed by atoms with Crippen LogP contribution in [0.15, 0.2) is 15.4 Å². The number of furan rings is 1. The lowest BCUT2D eigenvalue weighted by Crippen LogP contribution is -2.44. The van der Waals surface area contributed by atoms with Crippen LogP contribution in [0.5, 0.6) is 0 Å². The monoisotopic (exact) mass is 304 g/mol. The van der Waals surface area contributed by atoms with Crippen LogP contribution in [0.2, 0.25) is 0 Å². The Balaban J connectivity index is 2.33. The Morgan fingerprint density at radius 2 is 2.32 bits per heavy atom. The largest absolute Gasteiger partial charge is 0.464 e. The van der Waals surface area contributed by atoms with Crippen molar-refractivity contribution in [2.75, 3.05) is 25.1 Å². The van der Waals surface area contributed by atoms with Crippen LogP contribution in [0.3, 0.4) is 0 Å². The van der Waals surface area contributed by atoms with Crippen LogP contribution in [0.25, 0.3) is 0 Å². The summed E-state index contributed by atoms with van der Waals surface area (Å²) in [7, 11) is -1.64. The van der Waals surface area contributed by atoms with Crippen LogP contribution in [0.1, 0.15) is 18.4 Å². The predicted octanol–water partition coefficient (Wildman–Crippen LogP) is 1.43. The smallest absolute Gasteiger partial charge is 0.246 e. The van der Waals surface area contributed by atoms with E-state index in [4.69, 9.17) is 4.42 Å². The second-order valence-electron chi connectivity index (χ2n) is 4.70. The number of aryl methyl sites for hydroxylation is 1. The molecule has 0 aromatic carbocycles. The van der Waals surface area contributed by atoms with Gasteiger partial charge < -0.3 is 9.73 Å². The van der Waals surface area contributed by atoms with E-state index in [-0.39, 0.29) is 6.04 Å². The summed E-state index contributed by atoms with van der Waals surface area (Å²) in [5.41, 5.74) is 0. The van der Waals surface area contributed by atoms with Crippen LogP contribution in [-0.2, 0) is 16.6 Å². The highest BCUT2D eigenvalue weighted by atomic mass is 32.2. The standard InChI is InChI=1S/C12H20N2O3S2/c1-9-8-18-5-4-14(9)19(15,16)12-6-11(7-13-3)17-10(12)2/h6,9,13H,4-5,7-8H2,1-3H3. The number of hydrogen-bond donors (Lipinski definition) is 1. The Morgan fingerprint density at radius 1 is 1.58 bits per heavy atom. The first kappa shape index (κ1) is 14.9. The van der Waals surface area contributed by atoms with Gasteiger partial charge in [-0.05, 0) is 20.9 Å². The molecule has 1 aromatic rings. The van der Waals surface area contributed by atoms with Crippen molar-refractivity contribution in [2.45, 2.75) is 31.3 Å². The lowest BCUT2D eigenvalue weighted by Gasteiger charge is -2.31. The van der Waals surface area contributed by atoms with Crippen LogP contribution in [0, 0.1) is 6.92 Å². The maximum atomic E-state index is 12.7. The Morgan fingerprint density at radius 3 is 2.95 bits per heavy atom. The maximum Gasteiger partial charge on any atom is 0.246 e. The highest BCUT2D eigenvalue weighted by molar-refractivity contribution is 7.99. The summed E-state index contributed by atoms with van der Waals surface area (Å²) in [5.74, 6) is 2.82. The van der Waals surface area contributed by atoms with E-state index in [1.807, 2.05) is 6.92 Å². The molecule has 1 atom stereocenters. The van der Waals surface area contributed by atoms with Crippen molar-refractivity contribution in [3.05, 3.63) is 17.6 Å². The van der Waals surface area contributed by atoms with E-state index in [1.54, 1.807) is 36.1 Å². The van der Waals surface area contributed by atoms with E-state index in [1.165, 1.54) is 0 Å². The zero-order valence-electron chi connectivity index (χ0n) is 11.5. The molecule has 7 heteroatoms. The van der Waals surface area contributed by atoms with Gasteiger partial charge in [-0.25, -0.2) is 8.42 Å². The molecule has 1 aliphatic rings. The summed E-state index contributed by atoms with van der Waals surface area (Å²) in [5, 5.41) is 2.96. The van der Waals surface area contributed by atoms with E-state index in [0.29, 0.717) is 29.5 Å². The quantitative estimate of drug-likeness (QED) is 0.912. The van der Waals surface area contributed by atoms with Gasteiger partial charge in [-0.15, -0.1) is 0 Å². The van der Waals surface area contributed by atoms with Gasteiger partial charge in [0.1, 0.15) is 16.4 Å². The summed E-state index contributed by atoms with van der Waals surface area (Å²) in [6, 6.07) is 1.67. The predicted molar refractivity (Wildman–Crippen MR) is 76.9 cm³/mol. The highest BCUT2D eigenvalue weighted by Crippen LogP contribution is 2.28. The van der Waals surface area contributed by atoms with E-state index in [9.17, 15) is 8.42 Å². The van der Waals surface area contributed by atoms with Crippen LogP contribution in [-0.4, -0.2) is 43.9 Å². The van der Waals surface area contributed by atoms with Crippen molar-refractivity contribution in [3.8, 4) is 0 Å². The molecule has 19 heavy (non-hydrogen) atoms. The fourth-order valence-electron chi connectivity index (χ4n) is 2.24. The van der Waals surface area contributed by atoms with Gasteiger partial charge in [0.2, 0.25) is 10.0 Å². The Labute approximate surface area is 118 Å². The molecule has 0 aliphatic carbocycles. The van der Waals surface area contributed by atoms with E-state index >= 15 is 0 Å². The molecule has 0 saturated carbocycles. The number of nitrogens with one attached hydrogen (secondary N) is 1. The molecule has 1 fully saturated rings. The van der Waals surface area contributed by atoms with Gasteiger partial charge in [-0.3, -0.25) is 0 Å². The SMILES string of the molecule is CNCc1cc(S(=O)(=O)N2CCSCC2C)c(C)o1.